The van der Waals surface area contributed by atoms with Crippen LogP contribution in [-0.4, -0.2) is 28.0 Å². The molecule has 0 aliphatic heterocycles. The van der Waals surface area contributed by atoms with Crippen molar-refractivity contribution in [1.82, 2.24) is 14.9 Å². The molecule has 1 aromatic carbocycles. The lowest BCUT2D eigenvalue weighted by Crippen LogP contribution is -2.29. The smallest absolute Gasteiger partial charge is 0.258 e. The van der Waals surface area contributed by atoms with Crippen molar-refractivity contribution in [2.24, 2.45) is 5.73 Å². The van der Waals surface area contributed by atoms with Crippen molar-refractivity contribution in [2.75, 3.05) is 6.61 Å². The summed E-state index contributed by atoms with van der Waals surface area (Å²) in [5.74, 6) is -0.604. The summed E-state index contributed by atoms with van der Waals surface area (Å²) >= 11 is 0. The van der Waals surface area contributed by atoms with E-state index in [0.717, 1.165) is 11.1 Å². The van der Waals surface area contributed by atoms with Crippen molar-refractivity contribution in [3.63, 3.8) is 0 Å². The first kappa shape index (κ1) is 15.5. The first-order valence-corrected chi connectivity index (χ1v) is 7.35. The Labute approximate surface area is 138 Å². The van der Waals surface area contributed by atoms with Gasteiger partial charge in [0.15, 0.2) is 6.61 Å². The minimum absolute atomic E-state index is 0.202. The number of nitrogens with two attached hydrogens (primary N) is 1. The molecule has 0 aliphatic rings. The molecule has 2 amide bonds. The number of amides is 2. The highest BCUT2D eigenvalue weighted by molar-refractivity contribution is 5.95. The molecule has 122 valence electrons. The molecule has 0 unspecified atom stereocenters. The fourth-order valence-electron chi connectivity index (χ4n) is 2.35. The third-order valence-electron chi connectivity index (χ3n) is 3.51. The highest BCUT2D eigenvalue weighted by Gasteiger charge is 2.10. The van der Waals surface area contributed by atoms with Crippen LogP contribution in [0.15, 0.2) is 54.9 Å². The maximum atomic E-state index is 12.0. The number of fused-ring (bicyclic) bond motifs is 1. The van der Waals surface area contributed by atoms with Crippen LogP contribution in [-0.2, 0) is 11.3 Å². The second-order valence-corrected chi connectivity index (χ2v) is 5.12. The molecule has 0 atom stereocenters. The molecule has 2 heterocycles. The average Bonchev–Trinajstić information content (AvgIpc) is 3.07. The number of benzene rings is 1. The van der Waals surface area contributed by atoms with Crippen molar-refractivity contribution >= 4 is 17.3 Å². The van der Waals surface area contributed by atoms with Gasteiger partial charge in [-0.2, -0.15) is 5.10 Å². The maximum absolute atomic E-state index is 12.0. The highest BCUT2D eigenvalue weighted by Crippen LogP contribution is 2.17. The van der Waals surface area contributed by atoms with Crippen LogP contribution in [0, 0.1) is 0 Å². The van der Waals surface area contributed by atoms with Gasteiger partial charge in [0.05, 0.1) is 11.1 Å². The molecule has 3 aromatic rings. The number of carbonyl (C=O) groups excluding carboxylic acids is 2. The number of aromatic nitrogens is 2. The summed E-state index contributed by atoms with van der Waals surface area (Å²) in [4.78, 5) is 23.3. The third kappa shape index (κ3) is 3.35. The lowest BCUT2D eigenvalue weighted by molar-refractivity contribution is -0.123. The second-order valence-electron chi connectivity index (χ2n) is 5.12. The number of pyridine rings is 1. The fraction of sp³-hybridized carbons (Fsp3) is 0.118. The molecule has 24 heavy (non-hydrogen) atoms. The quantitative estimate of drug-likeness (QED) is 0.710. The van der Waals surface area contributed by atoms with Crippen LogP contribution in [0.25, 0.3) is 5.52 Å². The summed E-state index contributed by atoms with van der Waals surface area (Å²) in [7, 11) is 0. The molecule has 0 fully saturated rings. The lowest BCUT2D eigenvalue weighted by Gasteiger charge is -2.10. The molecule has 3 rings (SSSR count). The largest absolute Gasteiger partial charge is 0.483 e. The number of hydrogen-bond donors (Lipinski definition) is 2. The average molecular weight is 324 g/mol. The van der Waals surface area contributed by atoms with E-state index in [1.807, 2.05) is 24.4 Å². The Hall–Kier alpha value is -3.35. The van der Waals surface area contributed by atoms with Crippen molar-refractivity contribution in [3.8, 4) is 5.75 Å². The molecule has 2 aromatic heterocycles. The predicted octanol–water partition coefficient (Wildman–Crippen LogP) is 1.13. The van der Waals surface area contributed by atoms with Gasteiger partial charge in [0.25, 0.3) is 11.8 Å². The zero-order chi connectivity index (χ0) is 16.9. The fourth-order valence-corrected chi connectivity index (χ4v) is 2.35. The Balaban J connectivity index is 1.59. The summed E-state index contributed by atoms with van der Waals surface area (Å²) in [6.45, 7) is 0.155. The standard InChI is InChI=1S/C17H16N4O3/c18-17(23)13-5-1-2-6-15(13)24-11-16(22)19-10-12-4-3-9-21-14(12)7-8-20-21/h1-9H,10-11H2,(H2,18,23)(H,19,22). The molecule has 3 N–H and O–H groups in total. The molecule has 0 aliphatic carbocycles. The highest BCUT2D eigenvalue weighted by atomic mass is 16.5. The van der Waals surface area contributed by atoms with Crippen LogP contribution >= 0.6 is 0 Å². The van der Waals surface area contributed by atoms with Crippen LogP contribution in [0.4, 0.5) is 0 Å². The van der Waals surface area contributed by atoms with Gasteiger partial charge in [0.2, 0.25) is 0 Å². The van der Waals surface area contributed by atoms with Crippen molar-refractivity contribution in [3.05, 3.63) is 66.0 Å². The molecule has 0 bridgehead atoms. The van der Waals surface area contributed by atoms with Crippen LogP contribution < -0.4 is 15.8 Å². The molecule has 0 saturated heterocycles. The van der Waals surface area contributed by atoms with Gasteiger partial charge >= 0.3 is 0 Å². The first-order valence-electron chi connectivity index (χ1n) is 7.35. The van der Waals surface area contributed by atoms with Crippen LogP contribution in [0.3, 0.4) is 0 Å². The number of para-hydroxylation sites is 1. The minimum atomic E-state index is -0.599. The van der Waals surface area contributed by atoms with E-state index >= 15 is 0 Å². The van der Waals surface area contributed by atoms with Crippen LogP contribution in [0.1, 0.15) is 15.9 Å². The molecular formula is C17H16N4O3. The Morgan fingerprint density at radius 3 is 2.83 bits per heavy atom. The van der Waals surface area contributed by atoms with Crippen molar-refractivity contribution in [1.29, 1.82) is 0 Å². The van der Waals surface area contributed by atoms with Gasteiger partial charge in [-0.1, -0.05) is 18.2 Å². The number of carbonyl (C=O) groups is 2. The van der Waals surface area contributed by atoms with Gasteiger partial charge in [0.1, 0.15) is 5.75 Å². The summed E-state index contributed by atoms with van der Waals surface area (Å²) in [6.07, 6.45) is 3.54. The Kier molecular flexibility index (Phi) is 4.42. The Morgan fingerprint density at radius 2 is 2.00 bits per heavy atom. The third-order valence-corrected chi connectivity index (χ3v) is 3.51. The van der Waals surface area contributed by atoms with Gasteiger partial charge in [0, 0.05) is 18.9 Å². The van der Waals surface area contributed by atoms with E-state index in [-0.39, 0.29) is 23.8 Å². The lowest BCUT2D eigenvalue weighted by atomic mass is 10.2. The van der Waals surface area contributed by atoms with Crippen LogP contribution in [0.5, 0.6) is 5.75 Å². The number of primary amides is 1. The molecule has 0 saturated carbocycles. The van der Waals surface area contributed by atoms with E-state index < -0.39 is 5.91 Å². The van der Waals surface area contributed by atoms with Crippen LogP contribution in [0.2, 0.25) is 0 Å². The first-order chi connectivity index (χ1) is 11.6. The van der Waals surface area contributed by atoms with Gasteiger partial charge in [-0.15, -0.1) is 0 Å². The summed E-state index contributed by atoms with van der Waals surface area (Å²) in [5.41, 5.74) is 7.39. The Bertz CT molecular complexity index is 888. The van der Waals surface area contributed by atoms with E-state index in [4.69, 9.17) is 10.5 Å². The van der Waals surface area contributed by atoms with Crippen molar-refractivity contribution in [2.45, 2.75) is 6.54 Å². The van der Waals surface area contributed by atoms with E-state index in [2.05, 4.69) is 10.4 Å². The normalized spacial score (nSPS) is 10.5. The van der Waals surface area contributed by atoms with E-state index in [0.29, 0.717) is 6.54 Å². The number of nitrogens with one attached hydrogen (secondary N) is 1. The molecule has 7 heteroatoms. The monoisotopic (exact) mass is 324 g/mol. The molecule has 7 nitrogen and oxygen atoms in total. The topological polar surface area (TPSA) is 98.7 Å². The number of ether oxygens (including phenoxy) is 1. The van der Waals surface area contributed by atoms with Gasteiger partial charge in [-0.05, 0) is 29.8 Å². The summed E-state index contributed by atoms with van der Waals surface area (Å²) < 4.78 is 7.13. The maximum Gasteiger partial charge on any atom is 0.258 e. The number of hydrogen-bond acceptors (Lipinski definition) is 4. The van der Waals surface area contributed by atoms with Crippen molar-refractivity contribution < 1.29 is 14.3 Å². The molecule has 0 radical (unpaired) electrons. The van der Waals surface area contributed by atoms with E-state index in [1.165, 1.54) is 0 Å². The minimum Gasteiger partial charge on any atom is -0.483 e. The second kappa shape index (κ2) is 6.82. The zero-order valence-corrected chi connectivity index (χ0v) is 12.8. The van der Waals surface area contributed by atoms with E-state index in [1.54, 1.807) is 35.0 Å². The van der Waals surface area contributed by atoms with E-state index in [9.17, 15) is 9.59 Å². The number of nitrogens with zero attached hydrogens (tertiary/aromatic N) is 2. The Morgan fingerprint density at radius 1 is 1.17 bits per heavy atom. The predicted molar refractivity (Wildman–Crippen MR) is 87.5 cm³/mol. The van der Waals surface area contributed by atoms with Gasteiger partial charge in [-0.25, -0.2) is 4.52 Å². The summed E-state index contributed by atoms with van der Waals surface area (Å²) in [5, 5.41) is 6.92. The SMILES string of the molecule is NC(=O)c1ccccc1OCC(=O)NCc1cccn2nccc12. The number of rotatable bonds is 6. The summed E-state index contributed by atoms with van der Waals surface area (Å²) in [6, 6.07) is 12.2. The van der Waals surface area contributed by atoms with Gasteiger partial charge < -0.3 is 15.8 Å². The van der Waals surface area contributed by atoms with Gasteiger partial charge in [-0.3, -0.25) is 9.59 Å². The zero-order valence-electron chi connectivity index (χ0n) is 12.8. The molecular weight excluding hydrogens is 308 g/mol. The molecule has 0 spiro atoms.